The van der Waals surface area contributed by atoms with E-state index in [1.807, 2.05) is 55.6 Å². The summed E-state index contributed by atoms with van der Waals surface area (Å²) in [6.45, 7) is 5.82. The highest BCUT2D eigenvalue weighted by atomic mass is 16.5. The van der Waals surface area contributed by atoms with Crippen molar-refractivity contribution in [2.24, 2.45) is 5.92 Å². The van der Waals surface area contributed by atoms with E-state index in [4.69, 9.17) is 4.74 Å². The zero-order valence-corrected chi connectivity index (χ0v) is 16.4. The van der Waals surface area contributed by atoms with Gasteiger partial charge in [0.15, 0.2) is 12.3 Å². The third-order valence-electron chi connectivity index (χ3n) is 4.40. The Hall–Kier alpha value is -3.15. The summed E-state index contributed by atoms with van der Waals surface area (Å²) in [5.74, 6) is -0.534. The second-order valence-electron chi connectivity index (χ2n) is 7.33. The van der Waals surface area contributed by atoms with Crippen molar-refractivity contribution in [3.63, 3.8) is 0 Å². The highest BCUT2D eigenvalue weighted by Gasteiger charge is 2.18. The summed E-state index contributed by atoms with van der Waals surface area (Å²) >= 11 is 0. The molecule has 2 aromatic heterocycles. The molecule has 1 aromatic carbocycles. The molecule has 3 rings (SSSR count). The maximum Gasteiger partial charge on any atom is 0.359 e. The van der Waals surface area contributed by atoms with Crippen LogP contribution in [0.3, 0.4) is 0 Å². The molecular formula is C22H25N3O3. The Labute approximate surface area is 164 Å². The molecule has 0 saturated carbocycles. The number of carbonyl (C=O) groups is 2. The van der Waals surface area contributed by atoms with E-state index >= 15 is 0 Å². The van der Waals surface area contributed by atoms with E-state index in [2.05, 4.69) is 24.1 Å². The lowest BCUT2D eigenvalue weighted by atomic mass is 9.97. The van der Waals surface area contributed by atoms with Crippen LogP contribution in [0.5, 0.6) is 0 Å². The molecule has 0 saturated heterocycles. The summed E-state index contributed by atoms with van der Waals surface area (Å²) in [4.78, 5) is 28.9. The number of hydrogen-bond acceptors (Lipinski definition) is 4. The van der Waals surface area contributed by atoms with E-state index < -0.39 is 5.97 Å². The number of carbonyl (C=O) groups excluding carboxylic acids is 2. The van der Waals surface area contributed by atoms with E-state index in [9.17, 15) is 9.59 Å². The quantitative estimate of drug-likeness (QED) is 0.635. The van der Waals surface area contributed by atoms with Crippen LogP contribution >= 0.6 is 0 Å². The normalized spacial score (nSPS) is 12.1. The van der Waals surface area contributed by atoms with Crippen LogP contribution in [0.2, 0.25) is 0 Å². The molecule has 1 atom stereocenters. The maximum absolute atomic E-state index is 12.3. The van der Waals surface area contributed by atoms with Gasteiger partial charge >= 0.3 is 5.97 Å². The van der Waals surface area contributed by atoms with Gasteiger partial charge in [0.05, 0.1) is 6.04 Å². The Balaban J connectivity index is 1.60. The van der Waals surface area contributed by atoms with Crippen molar-refractivity contribution in [3.8, 4) is 0 Å². The molecule has 1 unspecified atom stereocenters. The number of rotatable bonds is 7. The Morgan fingerprint density at radius 3 is 2.64 bits per heavy atom. The van der Waals surface area contributed by atoms with E-state index in [1.165, 1.54) is 0 Å². The van der Waals surface area contributed by atoms with Gasteiger partial charge in [-0.25, -0.2) is 9.78 Å². The Kier molecular flexibility index (Phi) is 6.09. The average Bonchev–Trinajstić information content (AvgIpc) is 3.09. The minimum atomic E-state index is -0.614. The summed E-state index contributed by atoms with van der Waals surface area (Å²) in [5.41, 5.74) is 2.93. The highest BCUT2D eigenvalue weighted by molar-refractivity contribution is 5.90. The smallest absolute Gasteiger partial charge is 0.359 e. The summed E-state index contributed by atoms with van der Waals surface area (Å²) in [7, 11) is 0. The summed E-state index contributed by atoms with van der Waals surface area (Å²) in [5, 5.41) is 2.96. The number of hydrogen-bond donors (Lipinski definition) is 1. The molecule has 0 aliphatic carbocycles. The monoisotopic (exact) mass is 379 g/mol. The van der Waals surface area contributed by atoms with Gasteiger partial charge in [-0.1, -0.05) is 44.2 Å². The van der Waals surface area contributed by atoms with E-state index in [0.717, 1.165) is 17.5 Å². The molecule has 6 heteroatoms. The number of benzene rings is 1. The first-order chi connectivity index (χ1) is 13.4. The number of amides is 1. The second kappa shape index (κ2) is 8.69. The molecule has 28 heavy (non-hydrogen) atoms. The molecule has 2 heterocycles. The number of aromatic nitrogens is 2. The molecule has 146 valence electrons. The minimum absolute atomic E-state index is 0.120. The molecule has 0 fully saturated rings. The number of nitrogens with one attached hydrogen (secondary N) is 1. The first kappa shape index (κ1) is 19.6. The molecule has 3 aromatic rings. The van der Waals surface area contributed by atoms with Crippen molar-refractivity contribution >= 4 is 17.5 Å². The number of imidazole rings is 1. The SMILES string of the molecule is Cc1ccn2cc(C(=O)OCC(=O)NC(CC(C)C)c3ccccc3)nc2c1. The zero-order chi connectivity index (χ0) is 20.1. The van der Waals surface area contributed by atoms with Gasteiger partial charge in [-0.05, 0) is 42.5 Å². The molecule has 0 spiro atoms. The molecule has 0 aliphatic rings. The Morgan fingerprint density at radius 2 is 1.93 bits per heavy atom. The van der Waals surface area contributed by atoms with Crippen LogP contribution in [0.25, 0.3) is 5.65 Å². The summed E-state index contributed by atoms with van der Waals surface area (Å²) < 4.78 is 6.91. The topological polar surface area (TPSA) is 72.7 Å². The van der Waals surface area contributed by atoms with Crippen LogP contribution in [-0.2, 0) is 9.53 Å². The fourth-order valence-corrected chi connectivity index (χ4v) is 3.06. The first-order valence-electron chi connectivity index (χ1n) is 9.39. The first-order valence-corrected chi connectivity index (χ1v) is 9.39. The molecule has 0 aliphatic heterocycles. The predicted molar refractivity (Wildman–Crippen MR) is 107 cm³/mol. The number of esters is 1. The molecule has 1 amide bonds. The van der Waals surface area contributed by atoms with Crippen LogP contribution in [0, 0.1) is 12.8 Å². The fraction of sp³-hybridized carbons (Fsp3) is 0.318. The average molecular weight is 379 g/mol. The van der Waals surface area contributed by atoms with Crippen LogP contribution < -0.4 is 5.32 Å². The van der Waals surface area contributed by atoms with Gasteiger partial charge in [-0.3, -0.25) is 4.79 Å². The fourth-order valence-electron chi connectivity index (χ4n) is 3.06. The van der Waals surface area contributed by atoms with Crippen LogP contribution in [0.4, 0.5) is 0 Å². The standard InChI is InChI=1S/C22H25N3O3/c1-15(2)11-18(17-7-5-4-6-8-17)24-21(26)14-28-22(27)19-13-25-10-9-16(3)12-20(25)23-19/h4-10,12-13,15,18H,11,14H2,1-3H3,(H,24,26). The van der Waals surface area contributed by atoms with Gasteiger partial charge in [0.2, 0.25) is 0 Å². The van der Waals surface area contributed by atoms with Crippen molar-refractivity contribution in [2.75, 3.05) is 6.61 Å². The largest absolute Gasteiger partial charge is 0.451 e. The van der Waals surface area contributed by atoms with Gasteiger partial charge in [0.25, 0.3) is 5.91 Å². The van der Waals surface area contributed by atoms with Gasteiger partial charge in [-0.2, -0.15) is 0 Å². The van der Waals surface area contributed by atoms with Gasteiger partial charge in [0, 0.05) is 12.4 Å². The number of ether oxygens (including phenoxy) is 1. The molecule has 1 N–H and O–H groups in total. The van der Waals surface area contributed by atoms with Gasteiger partial charge in [0.1, 0.15) is 5.65 Å². The number of pyridine rings is 1. The lowest BCUT2D eigenvalue weighted by Gasteiger charge is -2.21. The lowest BCUT2D eigenvalue weighted by molar-refractivity contribution is -0.125. The Bertz CT molecular complexity index is 964. The van der Waals surface area contributed by atoms with E-state index in [0.29, 0.717) is 11.6 Å². The minimum Gasteiger partial charge on any atom is -0.451 e. The number of aryl methyl sites for hydroxylation is 1. The lowest BCUT2D eigenvalue weighted by Crippen LogP contribution is -2.33. The molecule has 0 bridgehead atoms. The van der Waals surface area contributed by atoms with Crippen LogP contribution in [0.1, 0.15) is 47.9 Å². The van der Waals surface area contributed by atoms with Crippen molar-refractivity contribution in [2.45, 2.75) is 33.2 Å². The number of nitrogens with zero attached hydrogens (tertiary/aromatic N) is 2. The van der Waals surface area contributed by atoms with Crippen molar-refractivity contribution in [1.29, 1.82) is 0 Å². The Morgan fingerprint density at radius 1 is 1.18 bits per heavy atom. The summed E-state index contributed by atoms with van der Waals surface area (Å²) in [6, 6.07) is 13.5. The van der Waals surface area contributed by atoms with Crippen LogP contribution in [0.15, 0.2) is 54.9 Å². The summed E-state index contributed by atoms with van der Waals surface area (Å²) in [6.07, 6.45) is 4.23. The van der Waals surface area contributed by atoms with Crippen LogP contribution in [-0.4, -0.2) is 27.9 Å². The predicted octanol–water partition coefficient (Wildman–Crippen LogP) is 3.70. The number of fused-ring (bicyclic) bond motifs is 1. The third kappa shape index (κ3) is 4.97. The van der Waals surface area contributed by atoms with E-state index in [1.54, 1.807) is 10.6 Å². The third-order valence-corrected chi connectivity index (χ3v) is 4.40. The molecular weight excluding hydrogens is 354 g/mol. The molecule has 6 nitrogen and oxygen atoms in total. The van der Waals surface area contributed by atoms with Gasteiger partial charge in [-0.15, -0.1) is 0 Å². The maximum atomic E-state index is 12.3. The van der Waals surface area contributed by atoms with Crippen molar-refractivity contribution in [1.82, 2.24) is 14.7 Å². The van der Waals surface area contributed by atoms with E-state index in [-0.39, 0.29) is 24.2 Å². The second-order valence-corrected chi connectivity index (χ2v) is 7.33. The molecule has 0 radical (unpaired) electrons. The van der Waals surface area contributed by atoms with Crippen molar-refractivity contribution in [3.05, 3.63) is 71.7 Å². The zero-order valence-electron chi connectivity index (χ0n) is 16.4. The van der Waals surface area contributed by atoms with Gasteiger partial charge < -0.3 is 14.5 Å². The highest BCUT2D eigenvalue weighted by Crippen LogP contribution is 2.21. The van der Waals surface area contributed by atoms with Crippen molar-refractivity contribution < 1.29 is 14.3 Å².